The van der Waals surface area contributed by atoms with Gasteiger partial charge in [0.1, 0.15) is 0 Å². The van der Waals surface area contributed by atoms with Crippen LogP contribution in [0.1, 0.15) is 39.0 Å². The molecule has 3 unspecified atom stereocenters. The molecule has 100 valence electrons. The third kappa shape index (κ3) is 3.21. The molecule has 2 fully saturated rings. The van der Waals surface area contributed by atoms with Crippen LogP contribution in [0.2, 0.25) is 0 Å². The molecule has 2 aliphatic heterocycles. The maximum absolute atomic E-state index is 6.01. The van der Waals surface area contributed by atoms with E-state index in [1.807, 2.05) is 0 Å². The van der Waals surface area contributed by atoms with E-state index in [0.29, 0.717) is 6.04 Å². The third-order valence-corrected chi connectivity index (χ3v) is 4.79. The standard InChI is InChI=1S/C14H29N3/c1-12-5-3-9-17(14(12)11-15)13-6-4-8-16(2)10-7-13/h12-14H,3-11,15H2,1-2H3. The minimum absolute atomic E-state index is 0.636. The Labute approximate surface area is 106 Å². The van der Waals surface area contributed by atoms with Gasteiger partial charge in [0.25, 0.3) is 0 Å². The van der Waals surface area contributed by atoms with E-state index in [0.717, 1.165) is 18.5 Å². The van der Waals surface area contributed by atoms with Crippen LogP contribution in [0.4, 0.5) is 0 Å². The van der Waals surface area contributed by atoms with E-state index in [4.69, 9.17) is 5.73 Å². The summed E-state index contributed by atoms with van der Waals surface area (Å²) in [5, 5.41) is 0. The minimum Gasteiger partial charge on any atom is -0.329 e. The molecular weight excluding hydrogens is 210 g/mol. The van der Waals surface area contributed by atoms with Gasteiger partial charge in [0, 0.05) is 18.6 Å². The van der Waals surface area contributed by atoms with E-state index >= 15 is 0 Å². The second kappa shape index (κ2) is 6.17. The van der Waals surface area contributed by atoms with Gasteiger partial charge >= 0.3 is 0 Å². The van der Waals surface area contributed by atoms with Crippen LogP contribution in [-0.2, 0) is 0 Å². The topological polar surface area (TPSA) is 32.5 Å². The molecule has 2 N–H and O–H groups in total. The van der Waals surface area contributed by atoms with Crippen LogP contribution in [0.25, 0.3) is 0 Å². The van der Waals surface area contributed by atoms with Crippen molar-refractivity contribution >= 4 is 0 Å². The molecule has 0 aromatic rings. The van der Waals surface area contributed by atoms with Crippen molar-refractivity contribution in [3.05, 3.63) is 0 Å². The molecule has 3 heteroatoms. The van der Waals surface area contributed by atoms with Crippen LogP contribution in [-0.4, -0.2) is 55.1 Å². The van der Waals surface area contributed by atoms with Crippen molar-refractivity contribution in [2.24, 2.45) is 11.7 Å². The molecule has 0 aromatic heterocycles. The summed E-state index contributed by atoms with van der Waals surface area (Å²) in [6, 6.07) is 1.42. The Morgan fingerprint density at radius 2 is 1.82 bits per heavy atom. The highest BCUT2D eigenvalue weighted by Crippen LogP contribution is 2.28. The van der Waals surface area contributed by atoms with Gasteiger partial charge in [-0.15, -0.1) is 0 Å². The van der Waals surface area contributed by atoms with E-state index in [9.17, 15) is 0 Å². The number of piperidine rings is 1. The van der Waals surface area contributed by atoms with Crippen molar-refractivity contribution in [3.63, 3.8) is 0 Å². The maximum Gasteiger partial charge on any atom is 0.0246 e. The van der Waals surface area contributed by atoms with Crippen molar-refractivity contribution < 1.29 is 0 Å². The molecule has 2 heterocycles. The molecule has 0 aliphatic carbocycles. The lowest BCUT2D eigenvalue weighted by Crippen LogP contribution is -2.53. The predicted octanol–water partition coefficient (Wildman–Crippen LogP) is 1.53. The van der Waals surface area contributed by atoms with Gasteiger partial charge < -0.3 is 10.6 Å². The average Bonchev–Trinajstić information content (AvgIpc) is 2.54. The first-order chi connectivity index (χ1) is 8.22. The van der Waals surface area contributed by atoms with Crippen LogP contribution in [0, 0.1) is 5.92 Å². The maximum atomic E-state index is 6.01. The number of nitrogens with zero attached hydrogens (tertiary/aromatic N) is 2. The molecular formula is C14H29N3. The number of hydrogen-bond donors (Lipinski definition) is 1. The van der Waals surface area contributed by atoms with Crippen molar-refractivity contribution in [3.8, 4) is 0 Å². The van der Waals surface area contributed by atoms with Crippen molar-refractivity contribution in [1.82, 2.24) is 9.80 Å². The first kappa shape index (κ1) is 13.3. The normalized spacial score (nSPS) is 37.9. The molecule has 0 aromatic carbocycles. The predicted molar refractivity (Wildman–Crippen MR) is 73.1 cm³/mol. The molecule has 0 spiro atoms. The molecule has 2 saturated heterocycles. The van der Waals surface area contributed by atoms with E-state index in [1.54, 1.807) is 0 Å². The molecule has 0 amide bonds. The van der Waals surface area contributed by atoms with Gasteiger partial charge in [-0.1, -0.05) is 6.92 Å². The second-order valence-corrected chi connectivity index (χ2v) is 6.05. The highest BCUT2D eigenvalue weighted by atomic mass is 15.2. The van der Waals surface area contributed by atoms with E-state index in [-0.39, 0.29) is 0 Å². The van der Waals surface area contributed by atoms with Crippen LogP contribution in [0.15, 0.2) is 0 Å². The summed E-state index contributed by atoms with van der Waals surface area (Å²) < 4.78 is 0. The van der Waals surface area contributed by atoms with Crippen molar-refractivity contribution in [2.75, 3.05) is 33.2 Å². The molecule has 2 aliphatic rings. The van der Waals surface area contributed by atoms with E-state index < -0.39 is 0 Å². The first-order valence-electron chi connectivity index (χ1n) is 7.36. The Bertz CT molecular complexity index is 232. The number of likely N-dealkylation sites (tertiary alicyclic amines) is 2. The van der Waals surface area contributed by atoms with Gasteiger partial charge in [0.2, 0.25) is 0 Å². The number of rotatable bonds is 2. The molecule has 17 heavy (non-hydrogen) atoms. The zero-order valence-electron chi connectivity index (χ0n) is 11.6. The van der Waals surface area contributed by atoms with Gasteiger partial charge in [-0.05, 0) is 64.7 Å². The van der Waals surface area contributed by atoms with Gasteiger partial charge in [-0.25, -0.2) is 0 Å². The monoisotopic (exact) mass is 239 g/mol. The Hall–Kier alpha value is -0.120. The fraction of sp³-hybridized carbons (Fsp3) is 1.00. The van der Waals surface area contributed by atoms with E-state index in [2.05, 4.69) is 23.8 Å². The highest BCUT2D eigenvalue weighted by Gasteiger charge is 2.32. The minimum atomic E-state index is 0.636. The Balaban J connectivity index is 1.98. The number of hydrogen-bond acceptors (Lipinski definition) is 3. The largest absolute Gasteiger partial charge is 0.329 e. The quantitative estimate of drug-likeness (QED) is 0.793. The van der Waals surface area contributed by atoms with Gasteiger partial charge in [0.05, 0.1) is 0 Å². The van der Waals surface area contributed by atoms with Crippen LogP contribution in [0.5, 0.6) is 0 Å². The zero-order valence-corrected chi connectivity index (χ0v) is 11.6. The summed E-state index contributed by atoms with van der Waals surface area (Å²) in [7, 11) is 2.25. The highest BCUT2D eigenvalue weighted by molar-refractivity contribution is 4.88. The SMILES string of the molecule is CC1CCCN(C2CCCN(C)CC2)C1CN. The van der Waals surface area contributed by atoms with Gasteiger partial charge in [0.15, 0.2) is 0 Å². The van der Waals surface area contributed by atoms with Crippen molar-refractivity contribution in [2.45, 2.75) is 51.1 Å². The zero-order chi connectivity index (χ0) is 12.3. The molecule has 0 saturated carbocycles. The summed E-state index contributed by atoms with van der Waals surface area (Å²) in [5.74, 6) is 0.787. The molecule has 3 nitrogen and oxygen atoms in total. The first-order valence-corrected chi connectivity index (χ1v) is 7.36. The summed E-state index contributed by atoms with van der Waals surface area (Å²) in [6.07, 6.45) is 6.78. The molecule has 0 bridgehead atoms. The Morgan fingerprint density at radius 3 is 2.59 bits per heavy atom. The fourth-order valence-electron chi connectivity index (χ4n) is 3.66. The lowest BCUT2D eigenvalue weighted by atomic mass is 9.88. The summed E-state index contributed by atoms with van der Waals surface area (Å²) in [5.41, 5.74) is 6.01. The van der Waals surface area contributed by atoms with Crippen LogP contribution >= 0.6 is 0 Å². The van der Waals surface area contributed by atoms with Crippen LogP contribution in [0.3, 0.4) is 0 Å². The third-order valence-electron chi connectivity index (χ3n) is 4.79. The fourth-order valence-corrected chi connectivity index (χ4v) is 3.66. The Morgan fingerprint density at radius 1 is 1.06 bits per heavy atom. The van der Waals surface area contributed by atoms with Crippen molar-refractivity contribution in [1.29, 1.82) is 0 Å². The van der Waals surface area contributed by atoms with Gasteiger partial charge in [-0.3, -0.25) is 4.90 Å². The van der Waals surface area contributed by atoms with Crippen LogP contribution < -0.4 is 5.73 Å². The average molecular weight is 239 g/mol. The Kier molecular flexibility index (Phi) is 4.83. The van der Waals surface area contributed by atoms with E-state index in [1.165, 1.54) is 51.7 Å². The summed E-state index contributed by atoms with van der Waals surface area (Å²) in [4.78, 5) is 5.22. The summed E-state index contributed by atoms with van der Waals surface area (Å²) >= 11 is 0. The molecule has 2 rings (SSSR count). The lowest BCUT2D eigenvalue weighted by Gasteiger charge is -2.44. The molecule has 3 atom stereocenters. The lowest BCUT2D eigenvalue weighted by molar-refractivity contribution is 0.0555. The molecule has 0 radical (unpaired) electrons. The van der Waals surface area contributed by atoms with Gasteiger partial charge in [-0.2, -0.15) is 0 Å². The smallest absolute Gasteiger partial charge is 0.0246 e. The number of nitrogens with two attached hydrogens (primary N) is 1. The second-order valence-electron chi connectivity index (χ2n) is 6.05. The summed E-state index contributed by atoms with van der Waals surface area (Å²) in [6.45, 7) is 7.03.